The molecule has 0 amide bonds. The van der Waals surface area contributed by atoms with Gasteiger partial charge in [0.05, 0.1) is 5.69 Å². The number of hydrogen-bond donors (Lipinski definition) is 0. The SMILES string of the molecule is CSC1(F)CCCCCc2nnn(C(C)C)c21. The van der Waals surface area contributed by atoms with Crippen LogP contribution in [0.15, 0.2) is 0 Å². The molecule has 0 saturated carbocycles. The van der Waals surface area contributed by atoms with Crippen LogP contribution in [0.2, 0.25) is 0 Å². The number of fused-ring (bicyclic) bond motifs is 1. The molecule has 5 heteroatoms. The summed E-state index contributed by atoms with van der Waals surface area (Å²) >= 11 is 1.28. The summed E-state index contributed by atoms with van der Waals surface area (Å²) in [5.74, 6) is 0. The average Bonchev–Trinajstić information content (AvgIpc) is 2.70. The highest BCUT2D eigenvalue weighted by atomic mass is 32.2. The standard InChI is InChI=1S/C12H20FN3S/c1-9(2)16-11-10(14-15-16)7-5-4-6-8-12(11,13)17-3/h9H,4-8H2,1-3H3. The quantitative estimate of drug-likeness (QED) is 0.813. The molecule has 1 aliphatic carbocycles. The molecular weight excluding hydrogens is 237 g/mol. The predicted octanol–water partition coefficient (Wildman–Crippen LogP) is 3.46. The van der Waals surface area contributed by atoms with Gasteiger partial charge >= 0.3 is 0 Å². The van der Waals surface area contributed by atoms with Crippen LogP contribution in [0.25, 0.3) is 0 Å². The van der Waals surface area contributed by atoms with Crippen molar-refractivity contribution in [3.05, 3.63) is 11.4 Å². The second-order valence-electron chi connectivity index (χ2n) is 4.92. The lowest BCUT2D eigenvalue weighted by Crippen LogP contribution is -2.24. The summed E-state index contributed by atoms with van der Waals surface area (Å²) in [4.78, 5) is 0. The van der Waals surface area contributed by atoms with Crippen LogP contribution in [-0.2, 0) is 11.4 Å². The largest absolute Gasteiger partial charge is 0.242 e. The number of aromatic nitrogens is 3. The van der Waals surface area contributed by atoms with Gasteiger partial charge in [-0.1, -0.05) is 11.6 Å². The van der Waals surface area contributed by atoms with E-state index in [1.807, 2.05) is 20.1 Å². The maximum Gasteiger partial charge on any atom is 0.199 e. The molecule has 2 rings (SSSR count). The molecule has 3 nitrogen and oxygen atoms in total. The fourth-order valence-corrected chi connectivity index (χ4v) is 3.13. The zero-order chi connectivity index (χ0) is 12.5. The molecular formula is C12H20FN3S. The summed E-state index contributed by atoms with van der Waals surface area (Å²) in [7, 11) is 0. The van der Waals surface area contributed by atoms with Crippen molar-refractivity contribution >= 4 is 11.8 Å². The summed E-state index contributed by atoms with van der Waals surface area (Å²) in [6.07, 6.45) is 6.38. The van der Waals surface area contributed by atoms with E-state index in [9.17, 15) is 0 Å². The molecule has 17 heavy (non-hydrogen) atoms. The first kappa shape index (κ1) is 12.9. The van der Waals surface area contributed by atoms with Gasteiger partial charge in [0.2, 0.25) is 0 Å². The molecule has 0 bridgehead atoms. The van der Waals surface area contributed by atoms with Gasteiger partial charge in [-0.25, -0.2) is 9.07 Å². The first-order valence-electron chi connectivity index (χ1n) is 6.27. The highest BCUT2D eigenvalue weighted by Crippen LogP contribution is 2.44. The van der Waals surface area contributed by atoms with E-state index >= 15 is 4.39 Å². The first-order valence-corrected chi connectivity index (χ1v) is 7.49. The highest BCUT2D eigenvalue weighted by Gasteiger charge is 2.39. The maximum atomic E-state index is 15.1. The maximum absolute atomic E-state index is 15.1. The lowest BCUT2D eigenvalue weighted by atomic mass is 9.99. The molecule has 96 valence electrons. The van der Waals surface area contributed by atoms with Crippen molar-refractivity contribution in [2.24, 2.45) is 0 Å². The number of aryl methyl sites for hydroxylation is 1. The van der Waals surface area contributed by atoms with Crippen LogP contribution in [0, 0.1) is 0 Å². The van der Waals surface area contributed by atoms with Gasteiger partial charge in [0.15, 0.2) is 5.00 Å². The topological polar surface area (TPSA) is 30.7 Å². The molecule has 0 aromatic carbocycles. The third kappa shape index (κ3) is 2.34. The van der Waals surface area contributed by atoms with E-state index in [0.29, 0.717) is 12.1 Å². The van der Waals surface area contributed by atoms with Crippen molar-refractivity contribution in [1.82, 2.24) is 15.0 Å². The number of nitrogens with zero attached hydrogens (tertiary/aromatic N) is 3. The minimum absolute atomic E-state index is 0.160. The van der Waals surface area contributed by atoms with Gasteiger partial charge in [-0.15, -0.1) is 16.9 Å². The van der Waals surface area contributed by atoms with Gasteiger partial charge in [0.25, 0.3) is 0 Å². The summed E-state index contributed by atoms with van der Waals surface area (Å²) in [6.45, 7) is 4.04. The van der Waals surface area contributed by atoms with Crippen LogP contribution in [0.3, 0.4) is 0 Å². The summed E-state index contributed by atoms with van der Waals surface area (Å²) in [5.41, 5.74) is 1.56. The van der Waals surface area contributed by atoms with Gasteiger partial charge in [-0.3, -0.25) is 0 Å². The van der Waals surface area contributed by atoms with Crippen LogP contribution in [0.4, 0.5) is 4.39 Å². The smallest absolute Gasteiger partial charge is 0.199 e. The van der Waals surface area contributed by atoms with Gasteiger partial charge in [0.1, 0.15) is 5.69 Å². The summed E-state index contributed by atoms with van der Waals surface area (Å²) in [5, 5.41) is 7.00. The minimum atomic E-state index is -1.32. The predicted molar refractivity (Wildman–Crippen MR) is 68.9 cm³/mol. The highest BCUT2D eigenvalue weighted by molar-refractivity contribution is 7.99. The molecule has 1 aromatic heterocycles. The van der Waals surface area contributed by atoms with Crippen LogP contribution in [0.5, 0.6) is 0 Å². The Morgan fingerprint density at radius 3 is 2.76 bits per heavy atom. The van der Waals surface area contributed by atoms with E-state index in [-0.39, 0.29) is 6.04 Å². The van der Waals surface area contributed by atoms with E-state index in [2.05, 4.69) is 10.3 Å². The van der Waals surface area contributed by atoms with Crippen LogP contribution in [-0.4, -0.2) is 21.2 Å². The Morgan fingerprint density at radius 2 is 2.12 bits per heavy atom. The van der Waals surface area contributed by atoms with Crippen molar-refractivity contribution in [1.29, 1.82) is 0 Å². The number of thioether (sulfide) groups is 1. The molecule has 0 saturated heterocycles. The molecule has 0 spiro atoms. The number of hydrogen-bond acceptors (Lipinski definition) is 3. The zero-order valence-corrected chi connectivity index (χ0v) is 11.6. The molecule has 1 aromatic rings. The fraction of sp³-hybridized carbons (Fsp3) is 0.833. The number of halogens is 1. The lowest BCUT2D eigenvalue weighted by Gasteiger charge is -2.27. The normalized spacial score (nSPS) is 25.5. The Bertz CT molecular complexity index is 391. The van der Waals surface area contributed by atoms with Crippen molar-refractivity contribution in [2.45, 2.75) is 57.0 Å². The third-order valence-corrected chi connectivity index (χ3v) is 4.39. The zero-order valence-electron chi connectivity index (χ0n) is 10.7. The molecule has 0 radical (unpaired) electrons. The van der Waals surface area contributed by atoms with Crippen molar-refractivity contribution in [2.75, 3.05) is 6.26 Å². The Hall–Kier alpha value is -0.580. The Labute approximate surface area is 106 Å². The molecule has 0 fully saturated rings. The Morgan fingerprint density at radius 1 is 1.35 bits per heavy atom. The molecule has 0 N–H and O–H groups in total. The van der Waals surface area contributed by atoms with Crippen LogP contribution < -0.4 is 0 Å². The lowest BCUT2D eigenvalue weighted by molar-refractivity contribution is 0.239. The van der Waals surface area contributed by atoms with E-state index in [1.165, 1.54) is 11.8 Å². The molecule has 1 atom stereocenters. The average molecular weight is 257 g/mol. The van der Waals surface area contributed by atoms with E-state index in [4.69, 9.17) is 0 Å². The van der Waals surface area contributed by atoms with Crippen molar-refractivity contribution in [3.8, 4) is 0 Å². The van der Waals surface area contributed by atoms with Gasteiger partial charge in [0, 0.05) is 6.04 Å². The van der Waals surface area contributed by atoms with Gasteiger partial charge in [-0.05, 0) is 45.8 Å². The Kier molecular flexibility index (Phi) is 3.76. The van der Waals surface area contributed by atoms with Gasteiger partial charge < -0.3 is 0 Å². The van der Waals surface area contributed by atoms with E-state index < -0.39 is 5.00 Å². The summed E-state index contributed by atoms with van der Waals surface area (Å²) in [6, 6.07) is 0.160. The number of rotatable bonds is 2. The van der Waals surface area contributed by atoms with Crippen LogP contribution >= 0.6 is 11.8 Å². The van der Waals surface area contributed by atoms with Crippen molar-refractivity contribution < 1.29 is 4.39 Å². The first-order chi connectivity index (χ1) is 8.08. The molecule has 0 aliphatic heterocycles. The second-order valence-corrected chi connectivity index (χ2v) is 5.97. The molecule has 1 unspecified atom stereocenters. The monoisotopic (exact) mass is 257 g/mol. The third-order valence-electron chi connectivity index (χ3n) is 3.34. The van der Waals surface area contributed by atoms with E-state index in [1.54, 1.807) is 4.68 Å². The van der Waals surface area contributed by atoms with E-state index in [0.717, 1.165) is 31.4 Å². The Balaban J connectivity index is 2.50. The van der Waals surface area contributed by atoms with Crippen molar-refractivity contribution in [3.63, 3.8) is 0 Å². The fourth-order valence-electron chi connectivity index (χ4n) is 2.38. The second kappa shape index (κ2) is 4.96. The van der Waals surface area contributed by atoms with Crippen LogP contribution in [0.1, 0.15) is 57.0 Å². The number of alkyl halides is 1. The molecule has 1 aliphatic rings. The minimum Gasteiger partial charge on any atom is -0.242 e. The van der Waals surface area contributed by atoms with Gasteiger partial charge in [-0.2, -0.15) is 0 Å². The molecule has 1 heterocycles. The summed E-state index contributed by atoms with van der Waals surface area (Å²) < 4.78 is 16.8.